The van der Waals surface area contributed by atoms with Crippen molar-refractivity contribution in [3.63, 3.8) is 0 Å². The van der Waals surface area contributed by atoms with Crippen LogP contribution < -0.4 is 0 Å². The quantitative estimate of drug-likeness (QED) is 0.504. The highest BCUT2D eigenvalue weighted by Gasteiger charge is 2.29. The fraction of sp³-hybridized carbons (Fsp3) is 0.800. The molecule has 0 N–H and O–H groups in total. The van der Waals surface area contributed by atoms with E-state index in [0.29, 0.717) is 0 Å². The first-order valence-electron chi connectivity index (χ1n) is 2.30. The summed E-state index contributed by atoms with van der Waals surface area (Å²) in [6, 6.07) is 0. The smallest absolute Gasteiger partial charge is 0.193 e. The van der Waals surface area contributed by atoms with Crippen LogP contribution in [0.1, 0.15) is 13.8 Å². The summed E-state index contributed by atoms with van der Waals surface area (Å²) >= 11 is 0. The van der Waals surface area contributed by atoms with E-state index in [-0.39, 0.29) is 6.29 Å². The van der Waals surface area contributed by atoms with Gasteiger partial charge in [0.2, 0.25) is 0 Å². The molecule has 1 nitrogen and oxygen atoms in total. The standard InChI is InChI=1S/C5H8F2O/c1-4(6)5(2,7)3-8/h3-4H,1-2H3. The molecular weight excluding hydrogens is 114 g/mol. The Morgan fingerprint density at radius 2 is 2.12 bits per heavy atom. The minimum Gasteiger partial charge on any atom is -0.300 e. The summed E-state index contributed by atoms with van der Waals surface area (Å²) in [5.74, 6) is 0. The summed E-state index contributed by atoms with van der Waals surface area (Å²) in [5.41, 5.74) is -2.31. The average molecular weight is 122 g/mol. The van der Waals surface area contributed by atoms with Crippen LogP contribution in [0.3, 0.4) is 0 Å². The van der Waals surface area contributed by atoms with Crippen LogP contribution in [-0.2, 0) is 4.79 Å². The molecule has 0 aliphatic carbocycles. The van der Waals surface area contributed by atoms with Gasteiger partial charge in [0.25, 0.3) is 0 Å². The van der Waals surface area contributed by atoms with Crippen LogP contribution >= 0.6 is 0 Å². The average Bonchev–Trinajstić information content (AvgIpc) is 1.67. The van der Waals surface area contributed by atoms with Crippen molar-refractivity contribution in [3.8, 4) is 0 Å². The van der Waals surface area contributed by atoms with Crippen LogP contribution in [0.2, 0.25) is 0 Å². The number of hydrogen-bond acceptors (Lipinski definition) is 1. The Balaban J connectivity index is 3.90. The number of halogens is 2. The molecule has 2 atom stereocenters. The van der Waals surface area contributed by atoms with Crippen LogP contribution in [0.4, 0.5) is 8.78 Å². The Morgan fingerprint density at radius 1 is 1.75 bits per heavy atom. The molecule has 2 unspecified atom stereocenters. The van der Waals surface area contributed by atoms with E-state index in [1.807, 2.05) is 0 Å². The number of carbonyl (C=O) groups excluding carboxylic acids is 1. The number of aldehydes is 1. The Kier molecular flexibility index (Phi) is 2.07. The summed E-state index contributed by atoms with van der Waals surface area (Å²) in [5, 5.41) is 0. The number of hydrogen-bond donors (Lipinski definition) is 0. The third-order valence-corrected chi connectivity index (χ3v) is 1.01. The molecule has 0 radical (unpaired) electrons. The van der Waals surface area contributed by atoms with Gasteiger partial charge in [0.05, 0.1) is 0 Å². The molecule has 0 aromatic heterocycles. The molecule has 3 heteroatoms. The van der Waals surface area contributed by atoms with E-state index < -0.39 is 11.8 Å². The second-order valence-electron chi connectivity index (χ2n) is 1.89. The Bertz CT molecular complexity index is 88.4. The highest BCUT2D eigenvalue weighted by Crippen LogP contribution is 2.14. The van der Waals surface area contributed by atoms with Crippen molar-refractivity contribution < 1.29 is 13.6 Å². The second-order valence-corrected chi connectivity index (χ2v) is 1.89. The van der Waals surface area contributed by atoms with Crippen LogP contribution in [0, 0.1) is 0 Å². The summed E-state index contributed by atoms with van der Waals surface area (Å²) in [6.07, 6.45) is -1.75. The first-order chi connectivity index (χ1) is 3.50. The van der Waals surface area contributed by atoms with Crippen molar-refractivity contribution in [2.45, 2.75) is 25.7 Å². The zero-order valence-electron chi connectivity index (χ0n) is 4.82. The van der Waals surface area contributed by atoms with Crippen molar-refractivity contribution in [2.24, 2.45) is 0 Å². The Labute approximate surface area is 46.7 Å². The first kappa shape index (κ1) is 7.53. The number of alkyl halides is 2. The molecule has 0 spiro atoms. The molecule has 0 aliphatic rings. The lowest BCUT2D eigenvalue weighted by Crippen LogP contribution is -2.30. The zero-order valence-corrected chi connectivity index (χ0v) is 4.82. The fourth-order valence-electron chi connectivity index (χ4n) is 0.0938. The summed E-state index contributed by atoms with van der Waals surface area (Å²) in [6.45, 7) is 1.92. The van der Waals surface area contributed by atoms with Crippen molar-refractivity contribution in [1.82, 2.24) is 0 Å². The van der Waals surface area contributed by atoms with Gasteiger partial charge in [0.15, 0.2) is 12.0 Å². The van der Waals surface area contributed by atoms with E-state index in [0.717, 1.165) is 13.8 Å². The van der Waals surface area contributed by atoms with Crippen molar-refractivity contribution in [2.75, 3.05) is 0 Å². The fourth-order valence-corrected chi connectivity index (χ4v) is 0.0938. The van der Waals surface area contributed by atoms with Gasteiger partial charge in [0, 0.05) is 0 Å². The maximum atomic E-state index is 12.2. The molecule has 0 saturated heterocycles. The highest BCUT2D eigenvalue weighted by molar-refractivity contribution is 5.62. The Hall–Kier alpha value is -0.470. The molecule has 0 aromatic rings. The second kappa shape index (κ2) is 2.20. The third kappa shape index (κ3) is 1.56. The maximum absolute atomic E-state index is 12.2. The van der Waals surface area contributed by atoms with Crippen LogP contribution in [0.25, 0.3) is 0 Å². The first-order valence-corrected chi connectivity index (χ1v) is 2.30. The van der Waals surface area contributed by atoms with Gasteiger partial charge in [-0.1, -0.05) is 0 Å². The summed E-state index contributed by atoms with van der Waals surface area (Å²) in [7, 11) is 0. The van der Waals surface area contributed by atoms with E-state index in [9.17, 15) is 13.6 Å². The monoisotopic (exact) mass is 122 g/mol. The zero-order chi connectivity index (χ0) is 6.78. The van der Waals surface area contributed by atoms with Gasteiger partial charge >= 0.3 is 0 Å². The molecule has 0 aliphatic heterocycles. The van der Waals surface area contributed by atoms with Gasteiger partial charge in [-0.05, 0) is 13.8 Å². The van der Waals surface area contributed by atoms with Gasteiger partial charge in [-0.15, -0.1) is 0 Å². The molecule has 0 saturated carbocycles. The van der Waals surface area contributed by atoms with Crippen molar-refractivity contribution >= 4 is 6.29 Å². The summed E-state index contributed by atoms with van der Waals surface area (Å²) < 4.78 is 24.1. The minimum atomic E-state index is -2.31. The van der Waals surface area contributed by atoms with Crippen LogP contribution in [0.5, 0.6) is 0 Å². The molecule has 0 heterocycles. The lowest BCUT2D eigenvalue weighted by Gasteiger charge is -2.12. The van der Waals surface area contributed by atoms with Gasteiger partial charge < -0.3 is 0 Å². The lowest BCUT2D eigenvalue weighted by molar-refractivity contribution is -0.120. The van der Waals surface area contributed by atoms with Gasteiger partial charge in [-0.25, -0.2) is 8.78 Å². The Morgan fingerprint density at radius 3 is 2.12 bits per heavy atom. The van der Waals surface area contributed by atoms with Crippen molar-refractivity contribution in [1.29, 1.82) is 0 Å². The van der Waals surface area contributed by atoms with Crippen LogP contribution in [0.15, 0.2) is 0 Å². The lowest BCUT2D eigenvalue weighted by atomic mass is 10.1. The normalized spacial score (nSPS) is 21.5. The molecule has 0 rings (SSSR count). The SMILES string of the molecule is CC(F)C(C)(F)C=O. The minimum absolute atomic E-state index is 0.0301. The topological polar surface area (TPSA) is 17.1 Å². The number of rotatable bonds is 2. The third-order valence-electron chi connectivity index (χ3n) is 1.01. The molecule has 0 amide bonds. The summed E-state index contributed by atoms with van der Waals surface area (Å²) in [4.78, 5) is 9.65. The maximum Gasteiger partial charge on any atom is 0.193 e. The van der Waals surface area contributed by atoms with Crippen molar-refractivity contribution in [3.05, 3.63) is 0 Å². The molecule has 48 valence electrons. The predicted molar refractivity (Wildman–Crippen MR) is 26.1 cm³/mol. The largest absolute Gasteiger partial charge is 0.300 e. The predicted octanol–water partition coefficient (Wildman–Crippen LogP) is 1.27. The van der Waals surface area contributed by atoms with E-state index in [1.165, 1.54) is 0 Å². The highest BCUT2D eigenvalue weighted by atomic mass is 19.2. The van der Waals surface area contributed by atoms with Gasteiger partial charge in [-0.2, -0.15) is 0 Å². The molecule has 0 bridgehead atoms. The van der Waals surface area contributed by atoms with Gasteiger partial charge in [-0.3, -0.25) is 4.79 Å². The molecular formula is C5H8F2O. The van der Waals surface area contributed by atoms with E-state index in [4.69, 9.17) is 0 Å². The van der Waals surface area contributed by atoms with Crippen LogP contribution in [-0.4, -0.2) is 18.1 Å². The van der Waals surface area contributed by atoms with E-state index >= 15 is 0 Å². The van der Waals surface area contributed by atoms with E-state index in [1.54, 1.807) is 0 Å². The molecule has 0 fully saturated rings. The number of carbonyl (C=O) groups is 1. The molecule has 0 aromatic carbocycles. The van der Waals surface area contributed by atoms with E-state index in [2.05, 4.69) is 0 Å². The molecule has 8 heavy (non-hydrogen) atoms. The van der Waals surface area contributed by atoms with Gasteiger partial charge in [0.1, 0.15) is 6.17 Å².